The Kier molecular flexibility index (Phi) is 3.00. The maximum Gasteiger partial charge on any atom is 0.312 e. The van der Waals surface area contributed by atoms with Crippen molar-refractivity contribution < 1.29 is 14.4 Å². The number of rotatable bonds is 4. The maximum absolute atomic E-state index is 10.3. The SMILES string of the molecule is CC(C)Cc1noc(CC(=O)O)n1. The van der Waals surface area contributed by atoms with Crippen molar-refractivity contribution in [3.8, 4) is 0 Å². The van der Waals surface area contributed by atoms with Gasteiger partial charge in [-0.3, -0.25) is 4.79 Å². The van der Waals surface area contributed by atoms with Gasteiger partial charge in [-0.1, -0.05) is 19.0 Å². The Balaban J connectivity index is 2.58. The topological polar surface area (TPSA) is 76.2 Å². The van der Waals surface area contributed by atoms with Gasteiger partial charge in [-0.05, 0) is 5.92 Å². The van der Waals surface area contributed by atoms with Crippen molar-refractivity contribution in [1.82, 2.24) is 10.1 Å². The zero-order valence-corrected chi connectivity index (χ0v) is 7.65. The van der Waals surface area contributed by atoms with Gasteiger partial charge in [0.25, 0.3) is 0 Å². The Morgan fingerprint density at radius 2 is 2.31 bits per heavy atom. The molecule has 0 unspecified atom stereocenters. The number of carbonyl (C=O) groups is 1. The fourth-order valence-electron chi connectivity index (χ4n) is 0.939. The monoisotopic (exact) mass is 184 g/mol. The Hall–Kier alpha value is -1.39. The second-order valence-electron chi connectivity index (χ2n) is 3.27. The maximum atomic E-state index is 10.3. The minimum Gasteiger partial charge on any atom is -0.481 e. The third kappa shape index (κ3) is 3.23. The number of hydrogen-bond donors (Lipinski definition) is 1. The van der Waals surface area contributed by atoms with Crippen LogP contribution in [-0.2, 0) is 17.6 Å². The minimum atomic E-state index is -0.959. The van der Waals surface area contributed by atoms with Crippen molar-refractivity contribution in [2.24, 2.45) is 5.92 Å². The third-order valence-electron chi connectivity index (χ3n) is 1.40. The molecule has 5 heteroatoms. The van der Waals surface area contributed by atoms with Gasteiger partial charge in [0, 0.05) is 6.42 Å². The largest absolute Gasteiger partial charge is 0.481 e. The summed E-state index contributed by atoms with van der Waals surface area (Å²) in [5.74, 6) is 0.226. The molecule has 0 atom stereocenters. The van der Waals surface area contributed by atoms with Crippen LogP contribution in [0, 0.1) is 5.92 Å². The lowest BCUT2D eigenvalue weighted by molar-refractivity contribution is -0.136. The van der Waals surface area contributed by atoms with Crippen LogP contribution in [0.3, 0.4) is 0 Å². The second kappa shape index (κ2) is 4.02. The Morgan fingerprint density at radius 1 is 1.62 bits per heavy atom. The summed E-state index contributed by atoms with van der Waals surface area (Å²) < 4.78 is 4.73. The van der Waals surface area contributed by atoms with E-state index >= 15 is 0 Å². The first-order chi connectivity index (χ1) is 6.08. The summed E-state index contributed by atoms with van der Waals surface area (Å²) in [4.78, 5) is 14.2. The highest BCUT2D eigenvalue weighted by molar-refractivity contribution is 5.68. The van der Waals surface area contributed by atoms with E-state index in [0.717, 1.165) is 0 Å². The van der Waals surface area contributed by atoms with Crippen LogP contribution < -0.4 is 0 Å². The smallest absolute Gasteiger partial charge is 0.312 e. The van der Waals surface area contributed by atoms with Crippen LogP contribution in [0.4, 0.5) is 0 Å². The molecule has 0 bridgehead atoms. The minimum absolute atomic E-state index is 0.170. The zero-order chi connectivity index (χ0) is 9.84. The highest BCUT2D eigenvalue weighted by Crippen LogP contribution is 2.04. The van der Waals surface area contributed by atoms with E-state index in [2.05, 4.69) is 10.1 Å². The van der Waals surface area contributed by atoms with E-state index in [9.17, 15) is 4.79 Å². The summed E-state index contributed by atoms with van der Waals surface area (Å²) in [5.41, 5.74) is 0. The molecule has 0 radical (unpaired) electrons. The van der Waals surface area contributed by atoms with Gasteiger partial charge in [-0.2, -0.15) is 4.98 Å². The molecule has 0 saturated carbocycles. The Bertz CT molecular complexity index is 293. The van der Waals surface area contributed by atoms with Crippen molar-refractivity contribution >= 4 is 5.97 Å². The molecule has 0 saturated heterocycles. The van der Waals surface area contributed by atoms with E-state index in [0.29, 0.717) is 18.2 Å². The van der Waals surface area contributed by atoms with E-state index in [1.807, 2.05) is 13.8 Å². The third-order valence-corrected chi connectivity index (χ3v) is 1.40. The molecular formula is C8H12N2O3. The van der Waals surface area contributed by atoms with E-state index in [1.165, 1.54) is 0 Å². The fraction of sp³-hybridized carbons (Fsp3) is 0.625. The van der Waals surface area contributed by atoms with Crippen LogP contribution in [0.5, 0.6) is 0 Å². The molecule has 0 aliphatic heterocycles. The summed E-state index contributed by atoms with van der Waals surface area (Å²) in [6, 6.07) is 0. The zero-order valence-electron chi connectivity index (χ0n) is 7.65. The number of aromatic nitrogens is 2. The highest BCUT2D eigenvalue weighted by atomic mass is 16.5. The van der Waals surface area contributed by atoms with Crippen LogP contribution in [0.1, 0.15) is 25.6 Å². The Labute approximate surface area is 75.8 Å². The summed E-state index contributed by atoms with van der Waals surface area (Å²) in [6.07, 6.45) is 0.508. The van der Waals surface area contributed by atoms with Gasteiger partial charge in [-0.25, -0.2) is 0 Å². The number of carboxylic acid groups (broad SMARTS) is 1. The summed E-state index contributed by atoms with van der Waals surface area (Å²) in [7, 11) is 0. The van der Waals surface area contributed by atoms with Gasteiger partial charge in [0.15, 0.2) is 5.82 Å². The molecule has 1 aromatic rings. The number of nitrogens with zero attached hydrogens (tertiary/aromatic N) is 2. The van der Waals surface area contributed by atoms with Gasteiger partial charge in [0.05, 0.1) is 0 Å². The number of hydrogen-bond acceptors (Lipinski definition) is 4. The molecule has 0 aliphatic carbocycles. The van der Waals surface area contributed by atoms with E-state index in [1.54, 1.807) is 0 Å². The van der Waals surface area contributed by atoms with Crippen molar-refractivity contribution in [3.63, 3.8) is 0 Å². The normalized spacial score (nSPS) is 10.7. The molecule has 0 amide bonds. The molecule has 1 rings (SSSR count). The highest BCUT2D eigenvalue weighted by Gasteiger charge is 2.10. The summed E-state index contributed by atoms with van der Waals surface area (Å²) in [6.45, 7) is 4.07. The molecule has 1 aromatic heterocycles. The van der Waals surface area contributed by atoms with E-state index < -0.39 is 5.97 Å². The quantitative estimate of drug-likeness (QED) is 0.752. The van der Waals surface area contributed by atoms with Crippen LogP contribution in [-0.4, -0.2) is 21.2 Å². The van der Waals surface area contributed by atoms with Crippen LogP contribution in [0.15, 0.2) is 4.52 Å². The second-order valence-corrected chi connectivity index (χ2v) is 3.27. The average Bonchev–Trinajstić information content (AvgIpc) is 2.33. The first kappa shape index (κ1) is 9.70. The predicted molar refractivity (Wildman–Crippen MR) is 44.2 cm³/mol. The standard InChI is InChI=1S/C8H12N2O3/c1-5(2)3-6-9-7(13-10-6)4-8(11)12/h5H,3-4H2,1-2H3,(H,11,12). The lowest BCUT2D eigenvalue weighted by Crippen LogP contribution is -2.01. The van der Waals surface area contributed by atoms with Crippen LogP contribution in [0.25, 0.3) is 0 Å². The number of aliphatic carboxylic acids is 1. The van der Waals surface area contributed by atoms with E-state index in [-0.39, 0.29) is 12.3 Å². The first-order valence-electron chi connectivity index (χ1n) is 4.11. The van der Waals surface area contributed by atoms with Crippen molar-refractivity contribution in [2.75, 3.05) is 0 Å². The lowest BCUT2D eigenvalue weighted by atomic mass is 10.1. The molecule has 72 valence electrons. The van der Waals surface area contributed by atoms with Crippen molar-refractivity contribution in [2.45, 2.75) is 26.7 Å². The van der Waals surface area contributed by atoms with Crippen molar-refractivity contribution in [3.05, 3.63) is 11.7 Å². The Morgan fingerprint density at radius 3 is 2.85 bits per heavy atom. The molecule has 0 aliphatic rings. The van der Waals surface area contributed by atoms with Crippen molar-refractivity contribution in [1.29, 1.82) is 0 Å². The van der Waals surface area contributed by atoms with Gasteiger partial charge in [-0.15, -0.1) is 0 Å². The summed E-state index contributed by atoms with van der Waals surface area (Å²) >= 11 is 0. The van der Waals surface area contributed by atoms with E-state index in [4.69, 9.17) is 9.63 Å². The van der Waals surface area contributed by atoms with Gasteiger partial charge in [0.2, 0.25) is 5.89 Å². The molecular weight excluding hydrogens is 172 g/mol. The van der Waals surface area contributed by atoms with Gasteiger partial charge >= 0.3 is 5.97 Å². The van der Waals surface area contributed by atoms with Gasteiger partial charge < -0.3 is 9.63 Å². The molecule has 13 heavy (non-hydrogen) atoms. The van der Waals surface area contributed by atoms with Crippen LogP contribution in [0.2, 0.25) is 0 Å². The van der Waals surface area contributed by atoms with Gasteiger partial charge in [0.1, 0.15) is 6.42 Å². The molecule has 5 nitrogen and oxygen atoms in total. The molecule has 0 spiro atoms. The predicted octanol–water partition coefficient (Wildman–Crippen LogP) is 0.895. The lowest BCUT2D eigenvalue weighted by Gasteiger charge is -1.95. The first-order valence-corrected chi connectivity index (χ1v) is 4.11. The number of carboxylic acids is 1. The molecule has 1 heterocycles. The van der Waals surface area contributed by atoms with Crippen LogP contribution >= 0.6 is 0 Å². The summed E-state index contributed by atoms with van der Waals surface area (Å²) in [5, 5.41) is 12.1. The molecule has 0 fully saturated rings. The fourth-order valence-corrected chi connectivity index (χ4v) is 0.939. The molecule has 1 N–H and O–H groups in total. The average molecular weight is 184 g/mol. The molecule has 0 aromatic carbocycles.